The Hall–Kier alpha value is -3.26. The monoisotopic (exact) mass is 411 g/mol. The number of thiophene rings is 1. The van der Waals surface area contributed by atoms with Crippen LogP contribution in [0.5, 0.6) is 0 Å². The number of carbonyl (C=O) groups is 2. The molecule has 150 valence electrons. The third-order valence-corrected chi connectivity index (χ3v) is 5.48. The summed E-state index contributed by atoms with van der Waals surface area (Å²) in [6.07, 6.45) is 4.39. The van der Waals surface area contributed by atoms with Gasteiger partial charge in [-0.1, -0.05) is 12.1 Å². The lowest BCUT2D eigenvalue weighted by atomic mass is 10.2. The van der Waals surface area contributed by atoms with Crippen LogP contribution >= 0.6 is 11.3 Å². The maximum absolute atomic E-state index is 12.7. The van der Waals surface area contributed by atoms with Gasteiger partial charge in [-0.25, -0.2) is 9.78 Å². The van der Waals surface area contributed by atoms with E-state index < -0.39 is 5.97 Å². The quantitative estimate of drug-likeness (QED) is 0.497. The second-order valence-corrected chi connectivity index (χ2v) is 7.60. The molecule has 29 heavy (non-hydrogen) atoms. The average Bonchev–Trinajstić information content (AvgIpc) is 2.98. The summed E-state index contributed by atoms with van der Waals surface area (Å²) in [4.78, 5) is 42.4. The number of carbonyl (C=O) groups excluding carboxylic acids is 2. The largest absolute Gasteiger partial charge is 0.463 e. The van der Waals surface area contributed by atoms with Gasteiger partial charge in [0.25, 0.3) is 5.56 Å². The first-order chi connectivity index (χ1) is 13.9. The molecule has 0 aliphatic rings. The molecule has 3 rings (SSSR count). The van der Waals surface area contributed by atoms with Gasteiger partial charge in [0, 0.05) is 16.6 Å². The summed E-state index contributed by atoms with van der Waals surface area (Å²) in [5, 5.41) is 3.33. The number of hydrogen-bond donors (Lipinski definition) is 1. The van der Waals surface area contributed by atoms with Crippen LogP contribution in [0.3, 0.4) is 0 Å². The lowest BCUT2D eigenvalue weighted by Gasteiger charge is -2.08. The van der Waals surface area contributed by atoms with Gasteiger partial charge in [0.2, 0.25) is 5.91 Å². The molecule has 0 atom stereocenters. The van der Waals surface area contributed by atoms with Gasteiger partial charge in [-0.05, 0) is 50.1 Å². The first kappa shape index (κ1) is 20.5. The summed E-state index contributed by atoms with van der Waals surface area (Å²) in [7, 11) is 0. The molecule has 0 fully saturated rings. The van der Waals surface area contributed by atoms with Crippen LogP contribution in [0.1, 0.15) is 22.9 Å². The third kappa shape index (κ3) is 4.78. The molecule has 7 nitrogen and oxygen atoms in total. The normalized spacial score (nSPS) is 11.1. The minimum absolute atomic E-state index is 0.124. The van der Waals surface area contributed by atoms with Crippen molar-refractivity contribution in [3.05, 3.63) is 63.0 Å². The Labute approximate surface area is 171 Å². The molecule has 0 aliphatic heterocycles. The van der Waals surface area contributed by atoms with E-state index >= 15 is 0 Å². The number of rotatable bonds is 6. The summed E-state index contributed by atoms with van der Waals surface area (Å²) in [5.74, 6) is -0.732. The van der Waals surface area contributed by atoms with Gasteiger partial charge in [-0.15, -0.1) is 11.3 Å². The number of amides is 1. The number of esters is 1. The zero-order valence-corrected chi connectivity index (χ0v) is 17.2. The van der Waals surface area contributed by atoms with Crippen LogP contribution in [0.2, 0.25) is 0 Å². The van der Waals surface area contributed by atoms with E-state index in [2.05, 4.69) is 10.3 Å². The number of hydrogen-bond acceptors (Lipinski definition) is 6. The van der Waals surface area contributed by atoms with Crippen LogP contribution < -0.4 is 10.9 Å². The van der Waals surface area contributed by atoms with Gasteiger partial charge in [-0.2, -0.15) is 0 Å². The molecule has 0 spiro atoms. The molecule has 3 aromatic rings. The minimum atomic E-state index is -0.406. The van der Waals surface area contributed by atoms with Crippen molar-refractivity contribution >= 4 is 45.2 Å². The molecule has 1 N–H and O–H groups in total. The fourth-order valence-corrected chi connectivity index (χ4v) is 3.76. The topological polar surface area (TPSA) is 90.3 Å². The number of fused-ring (bicyclic) bond motifs is 1. The number of aromatic nitrogens is 2. The van der Waals surface area contributed by atoms with Crippen molar-refractivity contribution in [2.75, 3.05) is 11.9 Å². The Morgan fingerprint density at radius 1 is 1.24 bits per heavy atom. The summed E-state index contributed by atoms with van der Waals surface area (Å²) in [6.45, 7) is 5.78. The zero-order valence-electron chi connectivity index (χ0n) is 16.4. The van der Waals surface area contributed by atoms with Crippen LogP contribution in [-0.4, -0.2) is 28.0 Å². The van der Waals surface area contributed by atoms with Crippen LogP contribution in [0.4, 0.5) is 5.69 Å². The predicted octanol–water partition coefficient (Wildman–Crippen LogP) is 3.29. The zero-order chi connectivity index (χ0) is 21.0. The fourth-order valence-electron chi connectivity index (χ4n) is 2.77. The van der Waals surface area contributed by atoms with E-state index in [4.69, 9.17) is 4.74 Å². The van der Waals surface area contributed by atoms with Crippen molar-refractivity contribution in [1.82, 2.24) is 9.55 Å². The number of aryl methyl sites for hydroxylation is 2. The van der Waals surface area contributed by atoms with Crippen molar-refractivity contribution < 1.29 is 14.3 Å². The molecule has 1 aromatic carbocycles. The van der Waals surface area contributed by atoms with Crippen molar-refractivity contribution in [3.8, 4) is 0 Å². The standard InChI is InChI=1S/C21H21N3O4S/c1-4-28-18(26)10-7-15-5-8-16(9-6-15)23-17(25)11-24-12-22-20-19(21(24)27)13(2)14(3)29-20/h5-10,12H,4,11H2,1-3H3,(H,23,25)/b10-7+. The van der Waals surface area contributed by atoms with Crippen molar-refractivity contribution in [1.29, 1.82) is 0 Å². The lowest BCUT2D eigenvalue weighted by molar-refractivity contribution is -0.137. The Balaban J connectivity index is 1.67. The van der Waals surface area contributed by atoms with Crippen molar-refractivity contribution in [2.24, 2.45) is 0 Å². The van der Waals surface area contributed by atoms with Gasteiger partial charge < -0.3 is 10.1 Å². The highest BCUT2D eigenvalue weighted by Crippen LogP contribution is 2.25. The molecule has 2 aromatic heterocycles. The van der Waals surface area contributed by atoms with Crippen molar-refractivity contribution in [2.45, 2.75) is 27.3 Å². The van der Waals surface area contributed by atoms with E-state index in [9.17, 15) is 14.4 Å². The molecule has 0 saturated heterocycles. The maximum Gasteiger partial charge on any atom is 0.330 e. The van der Waals surface area contributed by atoms with Gasteiger partial charge in [0.15, 0.2) is 0 Å². The summed E-state index contributed by atoms with van der Waals surface area (Å²) in [6, 6.07) is 6.98. The highest BCUT2D eigenvalue weighted by atomic mass is 32.1. The highest BCUT2D eigenvalue weighted by molar-refractivity contribution is 7.18. The Bertz CT molecular complexity index is 1140. The van der Waals surface area contributed by atoms with Gasteiger partial charge in [0.05, 0.1) is 18.3 Å². The molecule has 0 aliphatic carbocycles. The molecule has 0 radical (unpaired) electrons. The molecule has 0 bridgehead atoms. The van der Waals surface area contributed by atoms with Crippen LogP contribution in [-0.2, 0) is 20.9 Å². The number of ether oxygens (including phenoxy) is 1. The van der Waals surface area contributed by atoms with E-state index in [0.29, 0.717) is 22.5 Å². The Kier molecular flexibility index (Phi) is 6.23. The number of benzene rings is 1. The highest BCUT2D eigenvalue weighted by Gasteiger charge is 2.13. The summed E-state index contributed by atoms with van der Waals surface area (Å²) in [5.41, 5.74) is 2.08. The molecular formula is C21H21N3O4S. The van der Waals surface area contributed by atoms with E-state index in [1.165, 1.54) is 28.3 Å². The summed E-state index contributed by atoms with van der Waals surface area (Å²) >= 11 is 1.47. The van der Waals surface area contributed by atoms with Gasteiger partial charge in [-0.3, -0.25) is 14.2 Å². The first-order valence-corrected chi connectivity index (χ1v) is 9.90. The fraction of sp³-hybridized carbons (Fsp3) is 0.238. The lowest BCUT2D eigenvalue weighted by Crippen LogP contribution is -2.27. The van der Waals surface area contributed by atoms with Gasteiger partial charge >= 0.3 is 5.97 Å². The third-order valence-electron chi connectivity index (χ3n) is 4.36. The second-order valence-electron chi connectivity index (χ2n) is 6.40. The maximum atomic E-state index is 12.7. The second kappa shape index (κ2) is 8.83. The minimum Gasteiger partial charge on any atom is -0.463 e. The van der Waals surface area contributed by atoms with E-state index in [1.807, 2.05) is 13.8 Å². The molecular weight excluding hydrogens is 390 g/mol. The molecule has 0 unspecified atom stereocenters. The SMILES string of the molecule is CCOC(=O)/C=C/c1ccc(NC(=O)Cn2cnc3sc(C)c(C)c3c2=O)cc1. The molecule has 2 heterocycles. The predicted molar refractivity (Wildman–Crippen MR) is 114 cm³/mol. The number of anilines is 1. The van der Waals surface area contributed by atoms with E-state index in [-0.39, 0.29) is 18.0 Å². The van der Waals surface area contributed by atoms with E-state index in [1.54, 1.807) is 37.3 Å². The summed E-state index contributed by atoms with van der Waals surface area (Å²) < 4.78 is 6.14. The molecule has 1 amide bonds. The number of nitrogens with zero attached hydrogens (tertiary/aromatic N) is 2. The van der Waals surface area contributed by atoms with Crippen LogP contribution in [0.15, 0.2) is 41.5 Å². The molecule has 0 saturated carbocycles. The molecule has 8 heteroatoms. The van der Waals surface area contributed by atoms with Crippen LogP contribution in [0, 0.1) is 13.8 Å². The van der Waals surface area contributed by atoms with E-state index in [0.717, 1.165) is 16.0 Å². The Morgan fingerprint density at radius 3 is 2.66 bits per heavy atom. The van der Waals surface area contributed by atoms with Crippen LogP contribution in [0.25, 0.3) is 16.3 Å². The van der Waals surface area contributed by atoms with Crippen molar-refractivity contribution in [3.63, 3.8) is 0 Å². The first-order valence-electron chi connectivity index (χ1n) is 9.09. The number of nitrogens with one attached hydrogen (secondary N) is 1. The smallest absolute Gasteiger partial charge is 0.330 e. The Morgan fingerprint density at radius 2 is 1.97 bits per heavy atom. The average molecular weight is 411 g/mol. The van der Waals surface area contributed by atoms with Gasteiger partial charge in [0.1, 0.15) is 11.4 Å².